The SMILES string of the molecule is CC(=O)C(N)Cc1cnc[nH]1.CC(Cc1cnc[nH]1)NC(=O)OC(C)(C)C. The Morgan fingerprint density at radius 3 is 2.07 bits per heavy atom. The number of aromatic nitrogens is 4. The zero-order valence-corrected chi connectivity index (χ0v) is 16.6. The molecule has 150 valence electrons. The van der Waals surface area contributed by atoms with E-state index in [9.17, 15) is 9.59 Å². The highest BCUT2D eigenvalue weighted by molar-refractivity contribution is 5.81. The Kier molecular flexibility index (Phi) is 8.67. The number of imidazole rings is 2. The predicted molar refractivity (Wildman–Crippen MR) is 102 cm³/mol. The minimum atomic E-state index is -0.461. The van der Waals surface area contributed by atoms with Crippen LogP contribution in [0.25, 0.3) is 0 Å². The molecule has 2 aromatic rings. The quantitative estimate of drug-likeness (QED) is 0.604. The van der Waals surface area contributed by atoms with E-state index < -0.39 is 11.6 Å². The molecule has 2 unspecified atom stereocenters. The zero-order chi connectivity index (χ0) is 20.4. The molecule has 0 aliphatic heterocycles. The van der Waals surface area contributed by atoms with Gasteiger partial charge in [0.05, 0.1) is 18.7 Å². The zero-order valence-electron chi connectivity index (χ0n) is 16.6. The number of amides is 1. The van der Waals surface area contributed by atoms with E-state index in [1.807, 2.05) is 27.7 Å². The van der Waals surface area contributed by atoms with Gasteiger partial charge in [0.1, 0.15) is 11.4 Å². The van der Waals surface area contributed by atoms with Crippen LogP contribution in [0.3, 0.4) is 0 Å². The Bertz CT molecular complexity index is 677. The maximum atomic E-state index is 11.4. The molecule has 0 fully saturated rings. The molecule has 2 heterocycles. The number of alkyl carbamates (subject to hydrolysis) is 1. The monoisotopic (exact) mass is 378 g/mol. The second-order valence-corrected chi connectivity index (χ2v) is 7.33. The summed E-state index contributed by atoms with van der Waals surface area (Å²) in [5.41, 5.74) is 6.94. The fourth-order valence-corrected chi connectivity index (χ4v) is 2.06. The van der Waals surface area contributed by atoms with Gasteiger partial charge in [0.15, 0.2) is 0 Å². The van der Waals surface area contributed by atoms with Crippen LogP contribution in [0.2, 0.25) is 0 Å². The third kappa shape index (κ3) is 10.1. The summed E-state index contributed by atoms with van der Waals surface area (Å²) in [7, 11) is 0. The third-order valence-corrected chi connectivity index (χ3v) is 3.36. The van der Waals surface area contributed by atoms with Crippen LogP contribution in [0.4, 0.5) is 4.79 Å². The first-order valence-electron chi connectivity index (χ1n) is 8.77. The van der Waals surface area contributed by atoms with Crippen molar-refractivity contribution in [3.05, 3.63) is 36.4 Å². The van der Waals surface area contributed by atoms with Gasteiger partial charge in [-0.1, -0.05) is 0 Å². The number of ketones is 1. The normalized spacial score (nSPS) is 13.1. The van der Waals surface area contributed by atoms with Crippen molar-refractivity contribution in [3.8, 4) is 0 Å². The summed E-state index contributed by atoms with van der Waals surface area (Å²) in [5.74, 6) is -0.000370. The lowest BCUT2D eigenvalue weighted by molar-refractivity contribution is -0.118. The van der Waals surface area contributed by atoms with Crippen molar-refractivity contribution in [3.63, 3.8) is 0 Å². The number of Topliss-reactive ketones (excluding diaryl/α,β-unsaturated/α-hetero) is 1. The van der Waals surface area contributed by atoms with E-state index in [-0.39, 0.29) is 17.9 Å². The standard InChI is InChI=1S/C11H19N3O2.C7H11N3O/c1-8(5-9-6-12-7-13-9)14-10(15)16-11(2,3)4;1-5(11)7(8)2-6-3-9-4-10-6/h6-8H,5H2,1-4H3,(H,12,13)(H,14,15);3-4,7H,2,8H2,1H3,(H,9,10). The van der Waals surface area contributed by atoms with Crippen LogP contribution in [-0.4, -0.2) is 49.5 Å². The van der Waals surface area contributed by atoms with Crippen LogP contribution >= 0.6 is 0 Å². The Labute approximate surface area is 159 Å². The van der Waals surface area contributed by atoms with Gasteiger partial charge in [-0.25, -0.2) is 14.8 Å². The van der Waals surface area contributed by atoms with Crippen LogP contribution in [0, 0.1) is 0 Å². The van der Waals surface area contributed by atoms with Crippen molar-refractivity contribution in [2.45, 2.75) is 65.1 Å². The summed E-state index contributed by atoms with van der Waals surface area (Å²) in [6.07, 6.45) is 7.46. The minimum Gasteiger partial charge on any atom is -0.444 e. The maximum Gasteiger partial charge on any atom is 0.407 e. The third-order valence-electron chi connectivity index (χ3n) is 3.36. The largest absolute Gasteiger partial charge is 0.444 e. The molecular formula is C18H30N6O3. The molecule has 9 nitrogen and oxygen atoms in total. The lowest BCUT2D eigenvalue weighted by Gasteiger charge is -2.21. The number of ether oxygens (including phenoxy) is 1. The molecule has 0 aromatic carbocycles. The summed E-state index contributed by atoms with van der Waals surface area (Å²) in [4.78, 5) is 35.7. The van der Waals surface area contributed by atoms with Crippen LogP contribution in [0.5, 0.6) is 0 Å². The molecule has 0 aliphatic carbocycles. The van der Waals surface area contributed by atoms with Gasteiger partial charge in [-0.3, -0.25) is 4.79 Å². The number of hydrogen-bond acceptors (Lipinski definition) is 6. The van der Waals surface area contributed by atoms with Crippen molar-refractivity contribution in [1.29, 1.82) is 0 Å². The summed E-state index contributed by atoms with van der Waals surface area (Å²) in [5, 5.41) is 2.77. The highest BCUT2D eigenvalue weighted by Crippen LogP contribution is 2.07. The second-order valence-electron chi connectivity index (χ2n) is 7.33. The van der Waals surface area contributed by atoms with Gasteiger partial charge >= 0.3 is 6.09 Å². The van der Waals surface area contributed by atoms with Crippen LogP contribution in [0.15, 0.2) is 25.0 Å². The first kappa shape index (κ1) is 22.4. The number of nitrogens with one attached hydrogen (secondary N) is 3. The maximum absolute atomic E-state index is 11.4. The average Bonchev–Trinajstić information content (AvgIpc) is 3.19. The molecular weight excluding hydrogens is 348 g/mol. The number of carbonyl (C=O) groups excluding carboxylic acids is 2. The predicted octanol–water partition coefficient (Wildman–Crippen LogP) is 1.73. The van der Waals surface area contributed by atoms with E-state index in [4.69, 9.17) is 10.5 Å². The molecule has 5 N–H and O–H groups in total. The number of aromatic amines is 2. The summed E-state index contributed by atoms with van der Waals surface area (Å²) in [6.45, 7) is 8.93. The minimum absolute atomic E-state index is 0.000370. The van der Waals surface area contributed by atoms with E-state index in [0.717, 1.165) is 11.4 Å². The highest BCUT2D eigenvalue weighted by Gasteiger charge is 2.17. The van der Waals surface area contributed by atoms with Crippen molar-refractivity contribution in [2.75, 3.05) is 0 Å². The Morgan fingerprint density at radius 1 is 1.15 bits per heavy atom. The van der Waals surface area contributed by atoms with Crippen molar-refractivity contribution < 1.29 is 14.3 Å². The van der Waals surface area contributed by atoms with Gasteiger partial charge < -0.3 is 25.8 Å². The molecule has 27 heavy (non-hydrogen) atoms. The summed E-state index contributed by atoms with van der Waals surface area (Å²) < 4.78 is 5.15. The lowest BCUT2D eigenvalue weighted by atomic mass is 10.1. The first-order valence-corrected chi connectivity index (χ1v) is 8.77. The van der Waals surface area contributed by atoms with E-state index in [1.165, 1.54) is 6.92 Å². The average molecular weight is 378 g/mol. The molecule has 0 aliphatic rings. The number of H-pyrrole nitrogens is 2. The van der Waals surface area contributed by atoms with Crippen molar-refractivity contribution in [2.24, 2.45) is 5.73 Å². The molecule has 1 amide bonds. The fourth-order valence-electron chi connectivity index (χ4n) is 2.06. The fraction of sp³-hybridized carbons (Fsp3) is 0.556. The van der Waals surface area contributed by atoms with Gasteiger partial charge in [-0.2, -0.15) is 0 Å². The van der Waals surface area contributed by atoms with Gasteiger partial charge in [0, 0.05) is 42.7 Å². The van der Waals surface area contributed by atoms with Crippen LogP contribution in [-0.2, 0) is 22.4 Å². The van der Waals surface area contributed by atoms with E-state index >= 15 is 0 Å². The molecule has 0 radical (unpaired) electrons. The smallest absolute Gasteiger partial charge is 0.407 e. The van der Waals surface area contributed by atoms with Crippen molar-refractivity contribution in [1.82, 2.24) is 25.3 Å². The summed E-state index contributed by atoms with van der Waals surface area (Å²) in [6, 6.07) is -0.397. The van der Waals surface area contributed by atoms with Gasteiger partial charge in [0.2, 0.25) is 0 Å². The number of carbonyl (C=O) groups is 2. The van der Waals surface area contributed by atoms with Crippen LogP contribution < -0.4 is 11.1 Å². The molecule has 2 atom stereocenters. The van der Waals surface area contributed by atoms with E-state index in [2.05, 4.69) is 25.3 Å². The molecule has 2 rings (SSSR count). The van der Waals surface area contributed by atoms with Gasteiger partial charge in [-0.15, -0.1) is 0 Å². The number of rotatable bonds is 6. The first-order chi connectivity index (χ1) is 12.6. The summed E-state index contributed by atoms with van der Waals surface area (Å²) >= 11 is 0. The van der Waals surface area contributed by atoms with Crippen molar-refractivity contribution >= 4 is 11.9 Å². The molecule has 0 bridgehead atoms. The number of nitrogens with two attached hydrogens (primary N) is 1. The van der Waals surface area contributed by atoms with E-state index in [0.29, 0.717) is 12.8 Å². The molecule has 0 spiro atoms. The molecule has 0 saturated carbocycles. The van der Waals surface area contributed by atoms with Crippen LogP contribution in [0.1, 0.15) is 46.0 Å². The topological polar surface area (TPSA) is 139 Å². The number of nitrogens with zero attached hydrogens (tertiary/aromatic N) is 2. The number of hydrogen-bond donors (Lipinski definition) is 4. The second kappa shape index (κ2) is 10.5. The Morgan fingerprint density at radius 2 is 1.67 bits per heavy atom. The molecule has 2 aromatic heterocycles. The Hall–Kier alpha value is -2.68. The van der Waals surface area contributed by atoms with Gasteiger partial charge in [-0.05, 0) is 34.6 Å². The molecule has 9 heteroatoms. The van der Waals surface area contributed by atoms with Gasteiger partial charge in [0.25, 0.3) is 0 Å². The lowest BCUT2D eigenvalue weighted by Crippen LogP contribution is -2.38. The Balaban J connectivity index is 0.000000289. The van der Waals surface area contributed by atoms with E-state index in [1.54, 1.807) is 25.0 Å². The highest BCUT2D eigenvalue weighted by atomic mass is 16.6. The molecule has 0 saturated heterocycles.